The predicted molar refractivity (Wildman–Crippen MR) is 245 cm³/mol. The van der Waals surface area contributed by atoms with Gasteiger partial charge in [0.25, 0.3) is 0 Å². The highest BCUT2D eigenvalue weighted by Crippen LogP contribution is 2.38. The molecule has 3 rings (SSSR count). The molecule has 7 unspecified atom stereocenters. The predicted octanol–water partition coefficient (Wildman–Crippen LogP) is -1.65. The molecule has 2 fully saturated rings. The van der Waals surface area contributed by atoms with E-state index in [0.717, 1.165) is 0 Å². The molecule has 380 valence electrons. The minimum absolute atomic E-state index is 0.102. The molecule has 20 nitrogen and oxygen atoms in total. The summed E-state index contributed by atoms with van der Waals surface area (Å²) in [6, 6.07) is -1.12. The Morgan fingerprint density at radius 2 is 1.34 bits per heavy atom. The fourth-order valence-corrected chi connectivity index (χ4v) is 7.85. The summed E-state index contributed by atoms with van der Waals surface area (Å²) < 4.78 is 23.1. The molecule has 0 aliphatic carbocycles. The maximum atomic E-state index is 13.6. The van der Waals surface area contributed by atoms with Crippen LogP contribution in [0.4, 0.5) is 0 Å². The number of hydrogen-bond acceptors (Lipinski definition) is 19. The summed E-state index contributed by atoms with van der Waals surface area (Å²) in [5.41, 5.74) is 17.5. The average Bonchev–Trinajstić information content (AvgIpc) is 3.24. The molecule has 20 heteroatoms. The largest absolute Gasteiger partial charge is 0.462 e. The fourth-order valence-electron chi connectivity index (χ4n) is 7.85. The highest BCUT2D eigenvalue weighted by molar-refractivity contribution is 5.80. The Balaban J connectivity index is 1.90. The molecule has 17 N–H and O–H groups in total. The minimum Gasteiger partial charge on any atom is -0.462 e. The van der Waals surface area contributed by atoms with Gasteiger partial charge in [-0.3, -0.25) is 9.59 Å². The van der Waals surface area contributed by atoms with Crippen molar-refractivity contribution in [1.82, 2.24) is 5.32 Å². The zero-order chi connectivity index (χ0) is 49.7. The number of cyclic esters (lactones) is 1. The summed E-state index contributed by atoms with van der Waals surface area (Å²) in [5, 5.41) is 111. The molecule has 0 aromatic carbocycles. The van der Waals surface area contributed by atoms with Gasteiger partial charge in [-0.25, -0.2) is 0 Å². The van der Waals surface area contributed by atoms with Gasteiger partial charge < -0.3 is 92.5 Å². The summed E-state index contributed by atoms with van der Waals surface area (Å²) in [5.74, 6) is -5.43. The normalized spacial score (nSPS) is 42.7. The Labute approximate surface area is 392 Å². The smallest absolute Gasteiger partial charge is 0.308 e. The van der Waals surface area contributed by atoms with Crippen LogP contribution in [0, 0.1) is 11.8 Å². The summed E-state index contributed by atoms with van der Waals surface area (Å²) in [4.78, 5) is 26.1. The Morgan fingerprint density at radius 3 is 1.96 bits per heavy atom. The third-order valence-corrected chi connectivity index (χ3v) is 11.7. The number of allylic oxidation sites excluding steroid dienone is 12. The maximum Gasteiger partial charge on any atom is 0.308 e. The number of nitrogens with one attached hydrogen (secondary N) is 1. The lowest BCUT2D eigenvalue weighted by Gasteiger charge is -2.46. The van der Waals surface area contributed by atoms with Gasteiger partial charge in [0.1, 0.15) is 12.2 Å². The second-order valence-corrected chi connectivity index (χ2v) is 17.7. The van der Waals surface area contributed by atoms with E-state index in [1.54, 1.807) is 73.8 Å². The van der Waals surface area contributed by atoms with E-state index in [-0.39, 0.29) is 51.2 Å². The lowest BCUT2D eigenvalue weighted by Crippen LogP contribution is -2.60. The standard InChI is InChI=1S/C47H76N4O16/c1-28-15-13-11-9-7-5-3-4-6-8-10-12-14-16-33(66-46-44(61)43(50)38(59)27-64-46)23-39-42(45(62)51-40(49)26-48)37(58)25-47(63,67-39)24-32(54)21-36(57)34(55)18-17-30(52)20-31(53)22-41(60)65-29(2)19-35(28)56/h3-16,28-40,42-44,46,52-59,61,63H,17-27,48-50H2,1-2H3,(H,51,62)/b4-3+,7-5+,8-6+,11-9+,12-10+,15-13+,16-14+/t28-,29-,30+,31?,32?,33?,34?,35-,36?,37-,38+,39-,40+,42?,43-,44-,46-,47?/m0/s1. The van der Waals surface area contributed by atoms with Crippen molar-refractivity contribution in [3.8, 4) is 0 Å². The van der Waals surface area contributed by atoms with E-state index >= 15 is 0 Å². The third kappa shape index (κ3) is 20.9. The first-order valence-corrected chi connectivity index (χ1v) is 22.9. The number of aliphatic hydroxyl groups excluding tert-OH is 9. The van der Waals surface area contributed by atoms with E-state index in [2.05, 4.69) is 5.32 Å². The number of fused-ring (bicyclic) bond motifs is 2. The summed E-state index contributed by atoms with van der Waals surface area (Å²) >= 11 is 0. The molecule has 3 aliphatic heterocycles. The minimum atomic E-state index is -2.30. The Kier molecular flexibility index (Phi) is 25.4. The molecule has 18 atom stereocenters. The molecule has 0 spiro atoms. The van der Waals surface area contributed by atoms with Crippen molar-refractivity contribution in [3.05, 3.63) is 85.1 Å². The maximum absolute atomic E-state index is 13.6. The van der Waals surface area contributed by atoms with Crippen LogP contribution in [0.5, 0.6) is 0 Å². The van der Waals surface area contributed by atoms with Gasteiger partial charge in [-0.05, 0) is 26.2 Å². The fraction of sp³-hybridized carbons (Fsp3) is 0.660. The molecule has 2 bridgehead atoms. The number of hydrogen-bond donors (Lipinski definition) is 14. The van der Waals surface area contributed by atoms with Gasteiger partial charge in [-0.1, -0.05) is 92.0 Å². The van der Waals surface area contributed by atoms with Crippen LogP contribution in [0.2, 0.25) is 0 Å². The second kappa shape index (κ2) is 29.5. The summed E-state index contributed by atoms with van der Waals surface area (Å²) in [7, 11) is 0. The molecule has 3 heterocycles. The lowest BCUT2D eigenvalue weighted by atomic mass is 9.82. The molecule has 0 radical (unpaired) electrons. The Hall–Kier alpha value is -3.52. The van der Waals surface area contributed by atoms with E-state index in [1.807, 2.05) is 25.2 Å². The van der Waals surface area contributed by atoms with Gasteiger partial charge in [-0.15, -0.1) is 0 Å². The molecule has 1 amide bonds. The number of rotatable bonds is 5. The van der Waals surface area contributed by atoms with Gasteiger partial charge in [0, 0.05) is 44.6 Å². The van der Waals surface area contributed by atoms with E-state index in [0.29, 0.717) is 0 Å². The first-order valence-electron chi connectivity index (χ1n) is 22.9. The van der Waals surface area contributed by atoms with Crippen molar-refractivity contribution in [2.75, 3.05) is 13.2 Å². The van der Waals surface area contributed by atoms with Crippen molar-refractivity contribution in [2.45, 2.75) is 169 Å². The Morgan fingerprint density at radius 1 is 0.746 bits per heavy atom. The molecular weight excluding hydrogens is 877 g/mol. The van der Waals surface area contributed by atoms with Crippen molar-refractivity contribution >= 4 is 11.9 Å². The first kappa shape index (κ1) is 57.8. The molecule has 67 heavy (non-hydrogen) atoms. The molecule has 0 saturated carbocycles. The van der Waals surface area contributed by atoms with Gasteiger partial charge >= 0.3 is 5.97 Å². The van der Waals surface area contributed by atoms with Crippen LogP contribution in [0.3, 0.4) is 0 Å². The van der Waals surface area contributed by atoms with Crippen molar-refractivity contribution in [1.29, 1.82) is 0 Å². The van der Waals surface area contributed by atoms with E-state index in [4.69, 9.17) is 36.1 Å². The van der Waals surface area contributed by atoms with Crippen LogP contribution in [0.25, 0.3) is 0 Å². The molecule has 3 aliphatic rings. The lowest BCUT2D eigenvalue weighted by molar-refractivity contribution is -0.304. The topological polar surface area (TPSA) is 363 Å². The zero-order valence-corrected chi connectivity index (χ0v) is 38.3. The molecule has 0 aromatic rings. The number of nitrogens with two attached hydrogens (primary N) is 3. The van der Waals surface area contributed by atoms with Crippen LogP contribution < -0.4 is 22.5 Å². The van der Waals surface area contributed by atoms with Gasteiger partial charge in [0.15, 0.2) is 12.1 Å². The summed E-state index contributed by atoms with van der Waals surface area (Å²) in [6.45, 7) is 3.04. The van der Waals surface area contributed by atoms with Crippen LogP contribution >= 0.6 is 0 Å². The first-order chi connectivity index (χ1) is 31.7. The number of ether oxygens (including phenoxy) is 4. The van der Waals surface area contributed by atoms with Gasteiger partial charge in [-0.2, -0.15) is 0 Å². The number of carbonyl (C=O) groups is 2. The average molecular weight is 953 g/mol. The Bertz CT molecular complexity index is 1700. The molecule has 0 aromatic heterocycles. The van der Waals surface area contributed by atoms with E-state index in [9.17, 15) is 60.7 Å². The highest BCUT2D eigenvalue weighted by Gasteiger charge is 2.50. The molecule has 2 saturated heterocycles. The van der Waals surface area contributed by atoms with Crippen LogP contribution in [-0.4, -0.2) is 174 Å². The number of esters is 1. The quantitative estimate of drug-likeness (QED) is 0.108. The number of carbonyl (C=O) groups excluding carboxylic acids is 2. The van der Waals surface area contributed by atoms with Crippen LogP contribution in [0.1, 0.15) is 71.6 Å². The van der Waals surface area contributed by atoms with E-state index < -0.39 is 141 Å². The van der Waals surface area contributed by atoms with Crippen molar-refractivity contribution < 1.29 is 79.6 Å². The third-order valence-electron chi connectivity index (χ3n) is 11.7. The van der Waals surface area contributed by atoms with Gasteiger partial charge in [0.2, 0.25) is 5.91 Å². The van der Waals surface area contributed by atoms with Crippen LogP contribution in [-0.2, 0) is 28.5 Å². The summed E-state index contributed by atoms with van der Waals surface area (Å²) in [6.07, 6.45) is 4.15. The van der Waals surface area contributed by atoms with Crippen molar-refractivity contribution in [2.24, 2.45) is 29.0 Å². The van der Waals surface area contributed by atoms with E-state index in [1.165, 1.54) is 0 Å². The number of amides is 1. The highest BCUT2D eigenvalue weighted by atomic mass is 16.7. The zero-order valence-electron chi connectivity index (χ0n) is 38.3. The second-order valence-electron chi connectivity index (χ2n) is 17.7. The van der Waals surface area contributed by atoms with Crippen LogP contribution in [0.15, 0.2) is 85.1 Å². The molecular formula is C47H76N4O16. The van der Waals surface area contributed by atoms with Crippen molar-refractivity contribution in [3.63, 3.8) is 0 Å². The monoisotopic (exact) mass is 953 g/mol. The number of aliphatic hydroxyl groups is 10. The SMILES string of the molecule is C[C@H]1C[C@H](O)[C@@H](C)/C=C/C=C/C=C/C=C/C=C/C=C/C=C/C(O[C@@H]2OC[C@@H](O)[C@H](N)[C@@H]2O)C[C@@H]2OC(O)(CC(O)CC(O)C(O)CC[C@@H](O)CC(O)CC(=O)O1)C[C@H](O)C2C(=O)N[C@@H](N)CN. The van der Waals surface area contributed by atoms with Gasteiger partial charge in [0.05, 0.1) is 92.2 Å².